The van der Waals surface area contributed by atoms with E-state index < -0.39 is 0 Å². The van der Waals surface area contributed by atoms with Gasteiger partial charge in [0.05, 0.1) is 6.10 Å². The monoisotopic (exact) mass is 222 g/mol. The summed E-state index contributed by atoms with van der Waals surface area (Å²) in [5.41, 5.74) is 0. The van der Waals surface area contributed by atoms with Crippen molar-refractivity contribution in [1.82, 2.24) is 0 Å². The van der Waals surface area contributed by atoms with E-state index in [1.807, 2.05) is 0 Å². The predicted octanol–water partition coefficient (Wildman–Crippen LogP) is 2.54. The van der Waals surface area contributed by atoms with Crippen molar-refractivity contribution in [2.24, 2.45) is 23.7 Å². The van der Waals surface area contributed by atoms with Crippen LogP contribution in [0.3, 0.4) is 0 Å². The third kappa shape index (κ3) is 1.81. The van der Waals surface area contributed by atoms with Gasteiger partial charge < -0.3 is 5.11 Å². The molecule has 0 aromatic heterocycles. The molecule has 1 N–H and O–H groups in total. The van der Waals surface area contributed by atoms with E-state index in [1.165, 1.54) is 19.3 Å². The Labute approximate surface area is 97.4 Å². The van der Waals surface area contributed by atoms with Crippen molar-refractivity contribution in [3.63, 3.8) is 0 Å². The van der Waals surface area contributed by atoms with Crippen LogP contribution < -0.4 is 0 Å². The highest BCUT2D eigenvalue weighted by Crippen LogP contribution is 2.50. The molecule has 3 rings (SSSR count). The molecule has 0 amide bonds. The number of hydrogen-bond donors (Lipinski definition) is 1. The first kappa shape index (κ1) is 10.8. The van der Waals surface area contributed by atoms with Crippen LogP contribution in [0.4, 0.5) is 0 Å². The molecule has 5 unspecified atom stereocenters. The first-order chi connectivity index (χ1) is 7.74. The van der Waals surface area contributed by atoms with Crippen molar-refractivity contribution in [1.29, 1.82) is 0 Å². The maximum absolute atomic E-state index is 11.5. The number of carbonyl (C=O) groups excluding carboxylic acids is 1. The molecular formula is C14H22O2. The summed E-state index contributed by atoms with van der Waals surface area (Å²) in [5.74, 6) is 3.59. The van der Waals surface area contributed by atoms with Crippen LogP contribution in [0.5, 0.6) is 0 Å². The highest BCUT2D eigenvalue weighted by Gasteiger charge is 2.43. The van der Waals surface area contributed by atoms with Crippen molar-refractivity contribution in [3.8, 4) is 0 Å². The van der Waals surface area contributed by atoms with Crippen LogP contribution in [0.1, 0.15) is 51.4 Å². The van der Waals surface area contributed by atoms with Crippen LogP contribution in [0, 0.1) is 23.7 Å². The van der Waals surface area contributed by atoms with Crippen molar-refractivity contribution < 1.29 is 9.90 Å². The molecule has 5 atom stereocenters. The summed E-state index contributed by atoms with van der Waals surface area (Å²) in [6.45, 7) is 0. The van der Waals surface area contributed by atoms with Gasteiger partial charge in [0.2, 0.25) is 0 Å². The number of fused-ring (bicyclic) bond motifs is 3. The summed E-state index contributed by atoms with van der Waals surface area (Å²) in [6, 6.07) is 0. The Morgan fingerprint density at radius 2 is 1.69 bits per heavy atom. The SMILES string of the molecule is O=C1CCC2C(CCC3CC(O)CCC32)C1. The molecule has 0 radical (unpaired) electrons. The predicted molar refractivity (Wildman–Crippen MR) is 61.9 cm³/mol. The Morgan fingerprint density at radius 3 is 2.56 bits per heavy atom. The minimum Gasteiger partial charge on any atom is -0.393 e. The van der Waals surface area contributed by atoms with Crippen molar-refractivity contribution >= 4 is 5.78 Å². The average molecular weight is 222 g/mol. The molecule has 0 bridgehead atoms. The van der Waals surface area contributed by atoms with Crippen LogP contribution in [-0.2, 0) is 4.79 Å². The van der Waals surface area contributed by atoms with Gasteiger partial charge in [-0.1, -0.05) is 0 Å². The van der Waals surface area contributed by atoms with E-state index in [0.29, 0.717) is 11.7 Å². The van der Waals surface area contributed by atoms with Crippen LogP contribution in [0.15, 0.2) is 0 Å². The van der Waals surface area contributed by atoms with Gasteiger partial charge in [0.25, 0.3) is 0 Å². The van der Waals surface area contributed by atoms with Gasteiger partial charge in [-0.05, 0) is 62.2 Å². The van der Waals surface area contributed by atoms with Gasteiger partial charge in [0, 0.05) is 12.8 Å². The normalized spacial score (nSPS) is 48.3. The number of carbonyl (C=O) groups is 1. The molecule has 3 fully saturated rings. The summed E-state index contributed by atoms with van der Waals surface area (Å²) in [7, 11) is 0. The molecular weight excluding hydrogens is 200 g/mol. The van der Waals surface area contributed by atoms with E-state index in [1.54, 1.807) is 0 Å². The quantitative estimate of drug-likeness (QED) is 0.684. The number of hydrogen-bond acceptors (Lipinski definition) is 2. The van der Waals surface area contributed by atoms with E-state index in [2.05, 4.69) is 0 Å². The lowest BCUT2D eigenvalue weighted by Gasteiger charge is -2.48. The minimum atomic E-state index is -0.0389. The molecule has 0 saturated heterocycles. The first-order valence-electron chi connectivity index (χ1n) is 6.94. The third-order valence-electron chi connectivity index (χ3n) is 5.32. The highest BCUT2D eigenvalue weighted by atomic mass is 16.3. The smallest absolute Gasteiger partial charge is 0.133 e. The fraction of sp³-hybridized carbons (Fsp3) is 0.929. The van der Waals surface area contributed by atoms with E-state index in [9.17, 15) is 9.90 Å². The third-order valence-corrected chi connectivity index (χ3v) is 5.32. The van der Waals surface area contributed by atoms with Crippen LogP contribution in [0.2, 0.25) is 0 Å². The van der Waals surface area contributed by atoms with Crippen LogP contribution in [0.25, 0.3) is 0 Å². The second-order valence-electron chi connectivity index (χ2n) is 6.17. The Bertz CT molecular complexity index is 286. The number of Topliss-reactive ketones (excluding diaryl/α,β-unsaturated/α-hetero) is 1. The topological polar surface area (TPSA) is 37.3 Å². The Balaban J connectivity index is 1.73. The standard InChI is InChI=1S/C14H22O2/c15-11-3-5-13-9(7-11)1-2-10-8-12(16)4-6-14(10)13/h9-11,13-15H,1-8H2. The second-order valence-corrected chi connectivity index (χ2v) is 6.17. The van der Waals surface area contributed by atoms with E-state index >= 15 is 0 Å². The van der Waals surface area contributed by atoms with Gasteiger partial charge in [0.15, 0.2) is 0 Å². The van der Waals surface area contributed by atoms with Gasteiger partial charge in [-0.3, -0.25) is 4.79 Å². The van der Waals surface area contributed by atoms with Gasteiger partial charge in [-0.2, -0.15) is 0 Å². The number of rotatable bonds is 0. The molecule has 3 aliphatic carbocycles. The molecule has 3 saturated carbocycles. The lowest BCUT2D eigenvalue weighted by atomic mass is 9.57. The Hall–Kier alpha value is -0.370. The molecule has 0 heterocycles. The van der Waals surface area contributed by atoms with E-state index in [-0.39, 0.29) is 6.10 Å². The molecule has 2 nitrogen and oxygen atoms in total. The summed E-state index contributed by atoms with van der Waals surface area (Å²) in [5, 5.41) is 9.73. The largest absolute Gasteiger partial charge is 0.393 e. The number of aliphatic hydroxyl groups is 1. The van der Waals surface area contributed by atoms with Crippen LogP contribution >= 0.6 is 0 Å². The summed E-state index contributed by atoms with van der Waals surface area (Å²) in [4.78, 5) is 11.5. The maximum atomic E-state index is 11.5. The van der Waals surface area contributed by atoms with E-state index in [0.717, 1.165) is 49.9 Å². The van der Waals surface area contributed by atoms with Gasteiger partial charge >= 0.3 is 0 Å². The zero-order valence-electron chi connectivity index (χ0n) is 9.90. The molecule has 2 heteroatoms. The molecule has 16 heavy (non-hydrogen) atoms. The molecule has 90 valence electrons. The zero-order valence-corrected chi connectivity index (χ0v) is 9.90. The van der Waals surface area contributed by atoms with Gasteiger partial charge in [0.1, 0.15) is 5.78 Å². The fourth-order valence-electron chi connectivity index (χ4n) is 4.58. The lowest BCUT2D eigenvalue weighted by Crippen LogP contribution is -2.42. The average Bonchev–Trinajstić information content (AvgIpc) is 2.28. The van der Waals surface area contributed by atoms with Crippen molar-refractivity contribution in [3.05, 3.63) is 0 Å². The minimum absolute atomic E-state index is 0.0389. The lowest BCUT2D eigenvalue weighted by molar-refractivity contribution is -0.125. The maximum Gasteiger partial charge on any atom is 0.133 e. The van der Waals surface area contributed by atoms with Crippen molar-refractivity contribution in [2.45, 2.75) is 57.5 Å². The second kappa shape index (κ2) is 4.14. The summed E-state index contributed by atoms with van der Waals surface area (Å²) in [6.07, 6.45) is 8.52. The van der Waals surface area contributed by atoms with E-state index in [4.69, 9.17) is 0 Å². The Morgan fingerprint density at radius 1 is 0.938 bits per heavy atom. The van der Waals surface area contributed by atoms with Crippen LogP contribution in [-0.4, -0.2) is 17.0 Å². The summed E-state index contributed by atoms with van der Waals surface area (Å²) >= 11 is 0. The van der Waals surface area contributed by atoms with Gasteiger partial charge in [-0.15, -0.1) is 0 Å². The van der Waals surface area contributed by atoms with Gasteiger partial charge in [-0.25, -0.2) is 0 Å². The number of ketones is 1. The Kier molecular flexibility index (Phi) is 2.78. The molecule has 3 aliphatic rings. The first-order valence-corrected chi connectivity index (χ1v) is 6.94. The highest BCUT2D eigenvalue weighted by molar-refractivity contribution is 5.79. The zero-order chi connectivity index (χ0) is 11.1. The number of aliphatic hydroxyl groups excluding tert-OH is 1. The molecule has 0 aliphatic heterocycles. The molecule has 0 spiro atoms. The fourth-order valence-corrected chi connectivity index (χ4v) is 4.58. The van der Waals surface area contributed by atoms with Crippen molar-refractivity contribution in [2.75, 3.05) is 0 Å². The summed E-state index contributed by atoms with van der Waals surface area (Å²) < 4.78 is 0. The molecule has 0 aromatic rings. The molecule has 0 aromatic carbocycles.